The number of hydrogen-bond donors (Lipinski definition) is 1. The molecule has 2 aromatic carbocycles. The van der Waals surface area contributed by atoms with Crippen LogP contribution in [-0.2, 0) is 0 Å². The molecule has 4 aromatic rings. The Hall–Kier alpha value is -3.43. The Morgan fingerprint density at radius 3 is 2.50 bits per heavy atom. The smallest absolute Gasteiger partial charge is 0.319 e. The van der Waals surface area contributed by atoms with Gasteiger partial charge >= 0.3 is 6.01 Å². The molecule has 42 heavy (non-hydrogen) atoms. The van der Waals surface area contributed by atoms with E-state index in [1.165, 1.54) is 6.07 Å². The summed E-state index contributed by atoms with van der Waals surface area (Å²) >= 11 is 0. The van der Waals surface area contributed by atoms with Crippen LogP contribution in [0.3, 0.4) is 0 Å². The van der Waals surface area contributed by atoms with E-state index in [2.05, 4.69) is 19.8 Å². The van der Waals surface area contributed by atoms with Gasteiger partial charge < -0.3 is 14.7 Å². The minimum absolute atomic E-state index is 0.00182. The minimum atomic E-state index is -0.607. The van der Waals surface area contributed by atoms with E-state index in [1.54, 1.807) is 24.4 Å². The van der Waals surface area contributed by atoms with Gasteiger partial charge in [-0.05, 0) is 81.3 Å². The van der Waals surface area contributed by atoms with E-state index in [1.807, 2.05) is 12.1 Å². The lowest BCUT2D eigenvalue weighted by atomic mass is 9.62. The molecule has 7 nitrogen and oxygen atoms in total. The SMILES string of the molecule is OC1CC2(CCCN(c3nc(OCC45CCCN4CCC5)nc4c(F)c(-c5cccc6cccc(F)c56)ncc34)C2)C1. The van der Waals surface area contributed by atoms with Crippen LogP contribution in [0.2, 0.25) is 0 Å². The molecule has 3 aliphatic heterocycles. The van der Waals surface area contributed by atoms with Crippen molar-refractivity contribution in [3.63, 3.8) is 0 Å². The van der Waals surface area contributed by atoms with E-state index in [-0.39, 0.29) is 34.3 Å². The highest BCUT2D eigenvalue weighted by Crippen LogP contribution is 2.49. The number of nitrogens with zero attached hydrogens (tertiary/aromatic N) is 5. The van der Waals surface area contributed by atoms with Gasteiger partial charge in [0, 0.05) is 30.2 Å². The van der Waals surface area contributed by atoms with Gasteiger partial charge in [0.15, 0.2) is 5.82 Å². The Balaban J connectivity index is 1.24. The number of aliphatic hydroxyl groups is 1. The third kappa shape index (κ3) is 4.15. The molecule has 8 rings (SSSR count). The van der Waals surface area contributed by atoms with Crippen molar-refractivity contribution in [2.45, 2.75) is 63.0 Å². The van der Waals surface area contributed by atoms with E-state index in [0.717, 1.165) is 77.5 Å². The van der Waals surface area contributed by atoms with Gasteiger partial charge in [-0.3, -0.25) is 9.88 Å². The molecular formula is C33H35F2N5O2. The number of aliphatic hydroxyl groups excluding tert-OH is 1. The summed E-state index contributed by atoms with van der Waals surface area (Å²) in [5, 5.41) is 11.6. The van der Waals surface area contributed by atoms with Crippen LogP contribution in [0.5, 0.6) is 6.01 Å². The van der Waals surface area contributed by atoms with Crippen LogP contribution in [0.25, 0.3) is 32.9 Å². The van der Waals surface area contributed by atoms with Crippen molar-refractivity contribution in [1.29, 1.82) is 0 Å². The van der Waals surface area contributed by atoms with Gasteiger partial charge in [-0.2, -0.15) is 9.97 Å². The second-order valence-electron chi connectivity index (χ2n) is 13.0. The van der Waals surface area contributed by atoms with Crippen LogP contribution >= 0.6 is 0 Å². The summed E-state index contributed by atoms with van der Waals surface area (Å²) in [5.41, 5.74) is 0.629. The van der Waals surface area contributed by atoms with E-state index in [4.69, 9.17) is 9.72 Å². The molecule has 9 heteroatoms. The predicted molar refractivity (Wildman–Crippen MR) is 158 cm³/mol. The zero-order valence-electron chi connectivity index (χ0n) is 23.7. The topological polar surface area (TPSA) is 74.6 Å². The first kappa shape index (κ1) is 26.2. The lowest BCUT2D eigenvalue weighted by molar-refractivity contribution is -0.0396. The van der Waals surface area contributed by atoms with Crippen LogP contribution < -0.4 is 9.64 Å². The Bertz CT molecular complexity index is 1670. The van der Waals surface area contributed by atoms with Crippen molar-refractivity contribution < 1.29 is 18.6 Å². The number of benzene rings is 2. The summed E-state index contributed by atoms with van der Waals surface area (Å²) in [5.74, 6) is -0.413. The van der Waals surface area contributed by atoms with Crippen molar-refractivity contribution in [1.82, 2.24) is 19.9 Å². The molecule has 5 heterocycles. The summed E-state index contributed by atoms with van der Waals surface area (Å²) in [6.07, 6.45) is 9.42. The first-order valence-electron chi connectivity index (χ1n) is 15.3. The fraction of sp³-hybridized carbons (Fsp3) is 0.485. The molecule has 3 saturated heterocycles. The lowest BCUT2D eigenvalue weighted by Gasteiger charge is -2.51. The van der Waals surface area contributed by atoms with Crippen molar-refractivity contribution in [2.75, 3.05) is 37.7 Å². The molecular weight excluding hydrogens is 536 g/mol. The molecule has 2 aromatic heterocycles. The van der Waals surface area contributed by atoms with Crippen molar-refractivity contribution in [3.8, 4) is 17.3 Å². The van der Waals surface area contributed by atoms with Crippen molar-refractivity contribution in [3.05, 3.63) is 54.2 Å². The average Bonchev–Trinajstić information content (AvgIpc) is 3.56. The van der Waals surface area contributed by atoms with Gasteiger partial charge in [-0.15, -0.1) is 0 Å². The Morgan fingerprint density at radius 1 is 0.952 bits per heavy atom. The van der Waals surface area contributed by atoms with Crippen molar-refractivity contribution in [2.24, 2.45) is 5.41 Å². The van der Waals surface area contributed by atoms with Crippen LogP contribution in [0.1, 0.15) is 51.4 Å². The number of anilines is 1. The molecule has 4 fully saturated rings. The maximum atomic E-state index is 16.6. The predicted octanol–water partition coefficient (Wildman–Crippen LogP) is 5.87. The molecule has 0 amide bonds. The molecule has 1 aliphatic carbocycles. The van der Waals surface area contributed by atoms with Crippen LogP contribution in [0.4, 0.5) is 14.6 Å². The Morgan fingerprint density at radius 2 is 1.71 bits per heavy atom. The summed E-state index contributed by atoms with van der Waals surface area (Å²) in [6, 6.07) is 10.3. The first-order chi connectivity index (χ1) is 20.4. The summed E-state index contributed by atoms with van der Waals surface area (Å²) in [4.78, 5) is 18.8. The number of halogens is 2. The maximum Gasteiger partial charge on any atom is 0.319 e. The van der Waals surface area contributed by atoms with E-state index < -0.39 is 11.6 Å². The summed E-state index contributed by atoms with van der Waals surface area (Å²) in [7, 11) is 0. The molecule has 0 atom stereocenters. The third-order valence-corrected chi connectivity index (χ3v) is 10.3. The third-order valence-electron chi connectivity index (χ3n) is 10.3. The average molecular weight is 572 g/mol. The Labute approximate surface area is 243 Å². The number of pyridine rings is 1. The molecule has 1 N–H and O–H groups in total. The van der Waals surface area contributed by atoms with Crippen LogP contribution in [0, 0.1) is 17.0 Å². The standard InChI is InChI=1S/C33H35F2N5O2/c34-25-9-2-7-21-6-1-8-23(26(21)25)28-27(35)29-24(18-36-28)30(39-13-3-10-32(19-39)16-22(41)17-32)38-31(37-29)42-20-33-11-4-14-40(33)15-5-12-33/h1-2,6-9,18,22,41H,3-5,10-17,19-20H2. The number of rotatable bonds is 5. The van der Waals surface area contributed by atoms with Gasteiger partial charge in [0.2, 0.25) is 0 Å². The normalized spacial score (nSPS) is 25.3. The fourth-order valence-electron chi connectivity index (χ4n) is 8.33. The van der Waals surface area contributed by atoms with Gasteiger partial charge in [0.1, 0.15) is 29.5 Å². The molecule has 0 bridgehead atoms. The fourth-order valence-corrected chi connectivity index (χ4v) is 8.33. The number of fused-ring (bicyclic) bond motifs is 3. The van der Waals surface area contributed by atoms with Crippen LogP contribution in [-0.4, -0.2) is 69.4 Å². The zero-order valence-corrected chi connectivity index (χ0v) is 23.7. The second kappa shape index (κ2) is 9.81. The Kier molecular flexibility index (Phi) is 6.12. The van der Waals surface area contributed by atoms with Gasteiger partial charge in [-0.1, -0.05) is 30.3 Å². The second-order valence-corrected chi connectivity index (χ2v) is 13.0. The van der Waals surface area contributed by atoms with E-state index in [0.29, 0.717) is 34.1 Å². The quantitative estimate of drug-likeness (QED) is 0.321. The minimum Gasteiger partial charge on any atom is -0.461 e. The summed E-state index contributed by atoms with van der Waals surface area (Å²) < 4.78 is 38.0. The van der Waals surface area contributed by atoms with Gasteiger partial charge in [0.25, 0.3) is 0 Å². The zero-order chi connectivity index (χ0) is 28.5. The van der Waals surface area contributed by atoms with Crippen molar-refractivity contribution >= 4 is 27.5 Å². The van der Waals surface area contributed by atoms with Crippen LogP contribution in [0.15, 0.2) is 42.6 Å². The van der Waals surface area contributed by atoms with Gasteiger partial charge in [0.05, 0.1) is 17.0 Å². The number of hydrogen-bond acceptors (Lipinski definition) is 7. The van der Waals surface area contributed by atoms with E-state index in [9.17, 15) is 5.11 Å². The number of ether oxygens (including phenoxy) is 1. The number of aromatic nitrogens is 3. The summed E-state index contributed by atoms with van der Waals surface area (Å²) in [6.45, 7) is 4.16. The molecule has 1 spiro atoms. The molecule has 4 aliphatic rings. The highest BCUT2D eigenvalue weighted by atomic mass is 19.1. The first-order valence-corrected chi connectivity index (χ1v) is 15.3. The molecule has 1 saturated carbocycles. The van der Waals surface area contributed by atoms with E-state index >= 15 is 8.78 Å². The lowest BCUT2D eigenvalue weighted by Crippen LogP contribution is -2.52. The molecule has 218 valence electrons. The van der Waals surface area contributed by atoms with Gasteiger partial charge in [-0.25, -0.2) is 8.78 Å². The monoisotopic (exact) mass is 571 g/mol. The molecule has 0 unspecified atom stereocenters. The maximum absolute atomic E-state index is 16.6. The molecule has 0 radical (unpaired) electrons. The largest absolute Gasteiger partial charge is 0.461 e. The highest BCUT2D eigenvalue weighted by molar-refractivity contribution is 5.99. The highest BCUT2D eigenvalue weighted by Gasteiger charge is 2.47. The number of piperidine rings is 1.